The smallest absolute Gasteiger partial charge is 0.372 e. The fourth-order valence-electron chi connectivity index (χ4n) is 1.51. The summed E-state index contributed by atoms with van der Waals surface area (Å²) in [5, 5.41) is 0. The second kappa shape index (κ2) is 5.27. The molecule has 0 aliphatic rings. The highest BCUT2D eigenvalue weighted by atomic mass is 79.9. The predicted octanol–water partition coefficient (Wildman–Crippen LogP) is 3.45. The molecule has 1 heterocycles. The molecule has 7 heteroatoms. The zero-order valence-electron chi connectivity index (χ0n) is 9.22. The van der Waals surface area contributed by atoms with E-state index < -0.39 is 12.8 Å². The Morgan fingerprint density at radius 1 is 1.33 bits per heavy atom. The van der Waals surface area contributed by atoms with Crippen LogP contribution >= 0.6 is 15.9 Å². The van der Waals surface area contributed by atoms with Gasteiger partial charge in [-0.25, -0.2) is 4.98 Å². The summed E-state index contributed by atoms with van der Waals surface area (Å²) in [5.74, 6) is 0.616. The van der Waals surface area contributed by atoms with Gasteiger partial charge in [-0.2, -0.15) is 13.2 Å². The lowest BCUT2D eigenvalue weighted by Gasteiger charge is -2.06. The van der Waals surface area contributed by atoms with Gasteiger partial charge in [0.25, 0.3) is 0 Å². The Bertz CT molecular complexity index is 539. The second-order valence-corrected chi connectivity index (χ2v) is 4.68. The van der Waals surface area contributed by atoms with Crippen LogP contribution in [0.1, 0.15) is 5.82 Å². The Kier molecular flexibility index (Phi) is 3.91. The summed E-state index contributed by atoms with van der Waals surface area (Å²) < 4.78 is 41.0. The van der Waals surface area contributed by atoms with E-state index in [2.05, 4.69) is 30.6 Å². The molecule has 1 aromatic heterocycles. The molecule has 1 N–H and O–H groups in total. The fraction of sp³-hybridized carbons (Fsp3) is 0.364. The largest absolute Gasteiger partial charge is 0.411 e. The van der Waals surface area contributed by atoms with Crippen LogP contribution in [0.2, 0.25) is 0 Å². The number of hydrogen-bond donors (Lipinski definition) is 1. The minimum absolute atomic E-state index is 0.0134. The zero-order valence-corrected chi connectivity index (χ0v) is 10.8. The number of aromatic nitrogens is 2. The molecule has 0 bridgehead atoms. The van der Waals surface area contributed by atoms with Crippen molar-refractivity contribution in [2.75, 3.05) is 13.2 Å². The van der Waals surface area contributed by atoms with E-state index >= 15 is 0 Å². The van der Waals surface area contributed by atoms with Gasteiger partial charge in [0.15, 0.2) is 0 Å². The van der Waals surface area contributed by atoms with E-state index in [1.54, 1.807) is 0 Å². The highest BCUT2D eigenvalue weighted by Gasteiger charge is 2.27. The number of imidazole rings is 1. The van der Waals surface area contributed by atoms with Crippen molar-refractivity contribution in [3.63, 3.8) is 0 Å². The number of H-pyrrole nitrogens is 1. The average Bonchev–Trinajstić information content (AvgIpc) is 2.65. The molecule has 18 heavy (non-hydrogen) atoms. The number of halogens is 4. The van der Waals surface area contributed by atoms with Crippen molar-refractivity contribution in [2.24, 2.45) is 0 Å². The molecule has 0 radical (unpaired) electrons. The van der Waals surface area contributed by atoms with Gasteiger partial charge in [0.05, 0.1) is 17.6 Å². The minimum Gasteiger partial charge on any atom is -0.372 e. The second-order valence-electron chi connectivity index (χ2n) is 3.76. The molecule has 2 rings (SSSR count). The van der Waals surface area contributed by atoms with E-state index in [4.69, 9.17) is 0 Å². The quantitative estimate of drug-likeness (QED) is 0.875. The summed E-state index contributed by atoms with van der Waals surface area (Å²) in [6.45, 7) is -1.24. The summed E-state index contributed by atoms with van der Waals surface area (Å²) in [6, 6.07) is 5.55. The van der Waals surface area contributed by atoms with E-state index in [1.807, 2.05) is 18.2 Å². The van der Waals surface area contributed by atoms with E-state index in [9.17, 15) is 13.2 Å². The summed E-state index contributed by atoms with van der Waals surface area (Å²) in [7, 11) is 0. The maximum Gasteiger partial charge on any atom is 0.411 e. The number of benzene rings is 1. The zero-order chi connectivity index (χ0) is 13.2. The normalized spacial score (nSPS) is 12.2. The molecule has 0 saturated heterocycles. The molecule has 0 atom stereocenters. The lowest BCUT2D eigenvalue weighted by molar-refractivity contribution is -0.173. The maximum absolute atomic E-state index is 11.8. The first-order valence-electron chi connectivity index (χ1n) is 5.23. The molecule has 3 nitrogen and oxygen atoms in total. The Balaban J connectivity index is 1.92. The lowest BCUT2D eigenvalue weighted by atomic mass is 10.3. The van der Waals surface area contributed by atoms with Crippen molar-refractivity contribution in [2.45, 2.75) is 12.6 Å². The van der Waals surface area contributed by atoms with Crippen LogP contribution in [0.15, 0.2) is 22.7 Å². The van der Waals surface area contributed by atoms with Crippen LogP contribution in [-0.4, -0.2) is 29.4 Å². The maximum atomic E-state index is 11.8. The van der Waals surface area contributed by atoms with Gasteiger partial charge in [-0.3, -0.25) is 0 Å². The van der Waals surface area contributed by atoms with E-state index in [0.29, 0.717) is 12.2 Å². The van der Waals surface area contributed by atoms with Gasteiger partial charge < -0.3 is 9.72 Å². The van der Waals surface area contributed by atoms with Crippen LogP contribution < -0.4 is 0 Å². The number of hydrogen-bond acceptors (Lipinski definition) is 2. The number of fused-ring (bicyclic) bond motifs is 1. The number of ether oxygens (including phenoxy) is 1. The number of nitrogens with zero attached hydrogens (tertiary/aromatic N) is 1. The Labute approximate surface area is 109 Å². The van der Waals surface area contributed by atoms with Crippen molar-refractivity contribution in [1.82, 2.24) is 9.97 Å². The molecule has 0 unspecified atom stereocenters. The van der Waals surface area contributed by atoms with Gasteiger partial charge in [-0.05, 0) is 18.2 Å². The van der Waals surface area contributed by atoms with Crippen molar-refractivity contribution in [1.29, 1.82) is 0 Å². The average molecular weight is 323 g/mol. The summed E-state index contributed by atoms with van der Waals surface area (Å²) in [5.41, 5.74) is 1.62. The standard InChI is InChI=1S/C11H10BrF3N2O/c12-7-1-2-8-9(5-7)17-10(16-8)3-4-18-6-11(13,14)15/h1-2,5H,3-4,6H2,(H,16,17). The van der Waals surface area contributed by atoms with Crippen LogP contribution in [0.4, 0.5) is 13.2 Å². The fourth-order valence-corrected chi connectivity index (χ4v) is 1.87. The van der Waals surface area contributed by atoms with Crippen molar-refractivity contribution in [3.05, 3.63) is 28.5 Å². The molecule has 0 amide bonds. The first-order chi connectivity index (χ1) is 8.44. The van der Waals surface area contributed by atoms with E-state index in [0.717, 1.165) is 15.5 Å². The van der Waals surface area contributed by atoms with Crippen molar-refractivity contribution in [3.8, 4) is 0 Å². The third-order valence-electron chi connectivity index (χ3n) is 2.24. The SMILES string of the molecule is FC(F)(F)COCCc1nc2ccc(Br)cc2[nH]1. The lowest BCUT2D eigenvalue weighted by Crippen LogP contribution is -2.18. The molecule has 0 fully saturated rings. The van der Waals surface area contributed by atoms with E-state index in [1.165, 1.54) is 0 Å². The molecule has 0 aliphatic heterocycles. The number of nitrogens with one attached hydrogen (secondary N) is 1. The number of alkyl halides is 3. The first kappa shape index (κ1) is 13.4. The van der Waals surface area contributed by atoms with Gasteiger partial charge >= 0.3 is 6.18 Å². The molecule has 0 saturated carbocycles. The first-order valence-corrected chi connectivity index (χ1v) is 6.02. The monoisotopic (exact) mass is 322 g/mol. The van der Waals surface area contributed by atoms with Gasteiger partial charge in [0.2, 0.25) is 0 Å². The molecular formula is C11H10BrF3N2O. The molecule has 0 spiro atoms. The van der Waals surface area contributed by atoms with Crippen LogP contribution in [0.5, 0.6) is 0 Å². The van der Waals surface area contributed by atoms with Gasteiger partial charge in [0, 0.05) is 10.9 Å². The summed E-state index contributed by atoms with van der Waals surface area (Å²) >= 11 is 3.33. The van der Waals surface area contributed by atoms with Crippen LogP contribution in [0.3, 0.4) is 0 Å². The summed E-state index contributed by atoms with van der Waals surface area (Å²) in [4.78, 5) is 7.28. The minimum atomic E-state index is -4.28. The highest BCUT2D eigenvalue weighted by Crippen LogP contribution is 2.18. The Hall–Kier alpha value is -1.08. The van der Waals surface area contributed by atoms with Crippen molar-refractivity contribution >= 4 is 27.0 Å². The molecule has 98 valence electrons. The molecule has 2 aromatic rings. The van der Waals surface area contributed by atoms with Crippen LogP contribution in [0, 0.1) is 0 Å². The van der Waals surface area contributed by atoms with Gasteiger partial charge in [-0.15, -0.1) is 0 Å². The molecule has 0 aliphatic carbocycles. The Morgan fingerprint density at radius 3 is 2.83 bits per heavy atom. The highest BCUT2D eigenvalue weighted by molar-refractivity contribution is 9.10. The third-order valence-corrected chi connectivity index (χ3v) is 2.74. The number of rotatable bonds is 4. The topological polar surface area (TPSA) is 37.9 Å². The van der Waals surface area contributed by atoms with Gasteiger partial charge in [-0.1, -0.05) is 15.9 Å². The Morgan fingerprint density at radius 2 is 2.11 bits per heavy atom. The van der Waals surface area contributed by atoms with E-state index in [-0.39, 0.29) is 6.61 Å². The van der Waals surface area contributed by atoms with Crippen LogP contribution in [-0.2, 0) is 11.2 Å². The predicted molar refractivity (Wildman–Crippen MR) is 64.4 cm³/mol. The van der Waals surface area contributed by atoms with Crippen LogP contribution in [0.25, 0.3) is 11.0 Å². The molecular weight excluding hydrogens is 313 g/mol. The number of aromatic amines is 1. The van der Waals surface area contributed by atoms with Gasteiger partial charge in [0.1, 0.15) is 12.4 Å². The third kappa shape index (κ3) is 3.71. The van der Waals surface area contributed by atoms with Crippen molar-refractivity contribution < 1.29 is 17.9 Å². The molecule has 1 aromatic carbocycles. The summed E-state index contributed by atoms with van der Waals surface area (Å²) in [6.07, 6.45) is -3.96.